The molecule has 0 fully saturated rings. The summed E-state index contributed by atoms with van der Waals surface area (Å²) in [4.78, 5) is 21.7. The molecule has 0 aromatic carbocycles. The number of nitrogens with one attached hydrogen (secondary N) is 1. The van der Waals surface area contributed by atoms with Crippen molar-refractivity contribution in [3.05, 3.63) is 23.7 Å². The molecule has 0 spiro atoms. The molecule has 0 saturated carbocycles. The van der Waals surface area contributed by atoms with E-state index in [4.69, 9.17) is 14.8 Å². The van der Waals surface area contributed by atoms with Crippen molar-refractivity contribution in [2.75, 3.05) is 11.5 Å². The standard InChI is InChI=1S/C10H10N2O4S/c11-3-4-17-6-9(13)12-5-7-1-2-8(16-7)10(14)15/h1-2H,4-6H2,(H,12,13)(H,14,15). The van der Waals surface area contributed by atoms with Crippen molar-refractivity contribution in [1.82, 2.24) is 5.32 Å². The van der Waals surface area contributed by atoms with Gasteiger partial charge in [-0.1, -0.05) is 0 Å². The van der Waals surface area contributed by atoms with E-state index in [1.807, 2.05) is 6.07 Å². The summed E-state index contributed by atoms with van der Waals surface area (Å²) in [5.41, 5.74) is 0. The Balaban J connectivity index is 2.32. The first-order valence-electron chi connectivity index (χ1n) is 4.67. The van der Waals surface area contributed by atoms with Gasteiger partial charge in [0, 0.05) is 0 Å². The normalized spacial score (nSPS) is 9.59. The maximum Gasteiger partial charge on any atom is 0.371 e. The second-order valence-corrected chi connectivity index (χ2v) is 3.98. The number of aromatic carboxylic acids is 1. The molecule has 1 heterocycles. The van der Waals surface area contributed by atoms with E-state index in [0.29, 0.717) is 5.76 Å². The van der Waals surface area contributed by atoms with E-state index >= 15 is 0 Å². The van der Waals surface area contributed by atoms with Crippen molar-refractivity contribution in [1.29, 1.82) is 5.26 Å². The first-order valence-corrected chi connectivity index (χ1v) is 5.82. The van der Waals surface area contributed by atoms with Crippen LogP contribution in [0.15, 0.2) is 16.5 Å². The lowest BCUT2D eigenvalue weighted by atomic mass is 10.4. The fourth-order valence-electron chi connectivity index (χ4n) is 1.01. The van der Waals surface area contributed by atoms with Gasteiger partial charge in [0.05, 0.1) is 24.1 Å². The number of amides is 1. The van der Waals surface area contributed by atoms with Gasteiger partial charge in [-0.2, -0.15) is 5.26 Å². The number of hydrogen-bond acceptors (Lipinski definition) is 5. The van der Waals surface area contributed by atoms with Crippen molar-refractivity contribution < 1.29 is 19.1 Å². The Kier molecular flexibility index (Phi) is 5.10. The number of hydrogen-bond donors (Lipinski definition) is 2. The van der Waals surface area contributed by atoms with E-state index < -0.39 is 5.97 Å². The van der Waals surface area contributed by atoms with Crippen LogP contribution in [0.1, 0.15) is 16.3 Å². The zero-order valence-electron chi connectivity index (χ0n) is 8.80. The maximum atomic E-state index is 11.2. The zero-order valence-corrected chi connectivity index (χ0v) is 9.62. The molecule has 1 amide bonds. The molecule has 1 aromatic heterocycles. The molecule has 90 valence electrons. The number of nitriles is 1. The molecule has 6 nitrogen and oxygen atoms in total. The van der Waals surface area contributed by atoms with Crippen LogP contribution in [0.5, 0.6) is 0 Å². The largest absolute Gasteiger partial charge is 0.475 e. The minimum atomic E-state index is -1.15. The van der Waals surface area contributed by atoms with Gasteiger partial charge in [0.15, 0.2) is 0 Å². The number of thioether (sulfide) groups is 1. The number of nitrogens with zero attached hydrogens (tertiary/aromatic N) is 1. The lowest BCUT2D eigenvalue weighted by Crippen LogP contribution is -2.24. The second-order valence-electron chi connectivity index (χ2n) is 3.00. The first-order chi connectivity index (χ1) is 8.13. The van der Waals surface area contributed by atoms with Crippen LogP contribution in [0.25, 0.3) is 0 Å². The van der Waals surface area contributed by atoms with Gasteiger partial charge in [-0.15, -0.1) is 11.8 Å². The van der Waals surface area contributed by atoms with Crippen LogP contribution in [0.3, 0.4) is 0 Å². The number of furan rings is 1. The number of carboxylic acids is 1. The van der Waals surface area contributed by atoms with Gasteiger partial charge in [0.2, 0.25) is 11.7 Å². The monoisotopic (exact) mass is 254 g/mol. The van der Waals surface area contributed by atoms with Gasteiger partial charge in [0.1, 0.15) is 5.76 Å². The molecule has 1 rings (SSSR count). The SMILES string of the molecule is N#CCSCC(=O)NCc1ccc(C(=O)O)o1. The van der Waals surface area contributed by atoms with Crippen LogP contribution >= 0.6 is 11.8 Å². The number of carboxylic acid groups (broad SMARTS) is 1. The highest BCUT2D eigenvalue weighted by Crippen LogP contribution is 2.07. The van der Waals surface area contributed by atoms with E-state index in [0.717, 1.165) is 0 Å². The smallest absolute Gasteiger partial charge is 0.371 e. The minimum Gasteiger partial charge on any atom is -0.475 e. The average Bonchev–Trinajstić information content (AvgIpc) is 2.75. The van der Waals surface area contributed by atoms with Gasteiger partial charge in [0.25, 0.3) is 0 Å². The predicted molar refractivity (Wildman–Crippen MR) is 60.5 cm³/mol. The highest BCUT2D eigenvalue weighted by molar-refractivity contribution is 8.00. The average molecular weight is 254 g/mol. The Morgan fingerprint density at radius 3 is 2.88 bits per heavy atom. The van der Waals surface area contributed by atoms with E-state index in [9.17, 15) is 9.59 Å². The first kappa shape index (κ1) is 13.1. The van der Waals surface area contributed by atoms with Crippen molar-refractivity contribution in [2.24, 2.45) is 0 Å². The minimum absolute atomic E-state index is 0.138. The molecular weight excluding hydrogens is 244 g/mol. The lowest BCUT2D eigenvalue weighted by Gasteiger charge is -2.01. The molecule has 17 heavy (non-hydrogen) atoms. The molecular formula is C10H10N2O4S. The molecule has 0 saturated heterocycles. The highest BCUT2D eigenvalue weighted by Gasteiger charge is 2.09. The quantitative estimate of drug-likeness (QED) is 0.729. The van der Waals surface area contributed by atoms with Crippen molar-refractivity contribution in [3.8, 4) is 6.07 Å². The molecule has 0 atom stereocenters. The summed E-state index contributed by atoms with van der Waals surface area (Å²) in [6, 6.07) is 4.73. The topological polar surface area (TPSA) is 103 Å². The van der Waals surface area contributed by atoms with E-state index in [1.54, 1.807) is 0 Å². The van der Waals surface area contributed by atoms with Gasteiger partial charge in [-0.05, 0) is 12.1 Å². The van der Waals surface area contributed by atoms with Crippen molar-refractivity contribution >= 4 is 23.6 Å². The number of rotatable bonds is 6. The molecule has 0 bridgehead atoms. The Bertz CT molecular complexity index is 449. The van der Waals surface area contributed by atoms with Crippen LogP contribution in [0.2, 0.25) is 0 Å². The predicted octanol–water partition coefficient (Wildman–Crippen LogP) is 0.851. The summed E-state index contributed by atoms with van der Waals surface area (Å²) in [7, 11) is 0. The van der Waals surface area contributed by atoms with Gasteiger partial charge in [-0.3, -0.25) is 4.79 Å². The molecule has 0 unspecified atom stereocenters. The fourth-order valence-corrected chi connectivity index (χ4v) is 1.49. The van der Waals surface area contributed by atoms with Crippen LogP contribution in [0.4, 0.5) is 0 Å². The van der Waals surface area contributed by atoms with Gasteiger partial charge < -0.3 is 14.8 Å². The Labute approximate surface area is 102 Å². The Hall–Kier alpha value is -1.94. The van der Waals surface area contributed by atoms with Crippen LogP contribution in [-0.2, 0) is 11.3 Å². The van der Waals surface area contributed by atoms with Crippen molar-refractivity contribution in [2.45, 2.75) is 6.54 Å². The van der Waals surface area contributed by atoms with Gasteiger partial charge >= 0.3 is 5.97 Å². The molecule has 7 heteroatoms. The molecule has 1 aromatic rings. The van der Waals surface area contributed by atoms with E-state index in [2.05, 4.69) is 5.32 Å². The van der Waals surface area contributed by atoms with Crippen LogP contribution in [-0.4, -0.2) is 28.5 Å². The van der Waals surface area contributed by atoms with Crippen LogP contribution < -0.4 is 5.32 Å². The summed E-state index contributed by atoms with van der Waals surface area (Å²) in [6.45, 7) is 0.138. The summed E-state index contributed by atoms with van der Waals surface area (Å²) in [5, 5.41) is 19.4. The van der Waals surface area contributed by atoms with E-state index in [1.165, 1.54) is 23.9 Å². The third kappa shape index (κ3) is 4.61. The summed E-state index contributed by atoms with van der Waals surface area (Å²) in [5.74, 6) is -0.697. The molecule has 0 aliphatic rings. The third-order valence-electron chi connectivity index (χ3n) is 1.73. The number of carbonyl (C=O) groups excluding carboxylic acids is 1. The molecule has 2 N–H and O–H groups in total. The zero-order chi connectivity index (χ0) is 12.7. The molecule has 0 aliphatic heterocycles. The third-order valence-corrected chi connectivity index (χ3v) is 2.53. The second kappa shape index (κ2) is 6.60. The Morgan fingerprint density at radius 2 is 2.29 bits per heavy atom. The lowest BCUT2D eigenvalue weighted by molar-refractivity contribution is -0.118. The molecule has 0 radical (unpaired) electrons. The summed E-state index contributed by atoms with van der Waals surface area (Å²) >= 11 is 1.21. The van der Waals surface area contributed by atoms with E-state index in [-0.39, 0.29) is 29.7 Å². The van der Waals surface area contributed by atoms with Crippen LogP contribution in [0, 0.1) is 11.3 Å². The highest BCUT2D eigenvalue weighted by atomic mass is 32.2. The summed E-state index contributed by atoms with van der Waals surface area (Å²) in [6.07, 6.45) is 0. The van der Waals surface area contributed by atoms with Crippen molar-refractivity contribution in [3.63, 3.8) is 0 Å². The summed E-state index contributed by atoms with van der Waals surface area (Å²) < 4.78 is 4.95. The number of carbonyl (C=O) groups is 2. The van der Waals surface area contributed by atoms with Gasteiger partial charge in [-0.25, -0.2) is 4.79 Å². The molecule has 0 aliphatic carbocycles. The maximum absolute atomic E-state index is 11.2. The Morgan fingerprint density at radius 1 is 1.53 bits per heavy atom. The fraction of sp³-hybridized carbons (Fsp3) is 0.300.